The zero-order chi connectivity index (χ0) is 38.4. The number of halogens is 7. The van der Waals surface area contributed by atoms with Crippen molar-refractivity contribution >= 4 is 18.0 Å². The van der Waals surface area contributed by atoms with Crippen LogP contribution in [0.4, 0.5) is 41.6 Å². The molecule has 0 aliphatic carbocycles. The number of hydrogen-bond donors (Lipinski definition) is 0. The molecule has 2 atom stereocenters. The molecular weight excluding hydrogens is 717 g/mol. The summed E-state index contributed by atoms with van der Waals surface area (Å²) < 4.78 is 111. The highest BCUT2D eigenvalue weighted by atomic mass is 19.4. The monoisotopic (exact) mass is 748 g/mol. The molecule has 6 rings (SSSR count). The molecule has 0 radical (unpaired) electrons. The molecule has 0 saturated carbocycles. The normalized spacial score (nSPS) is 17.8. The fourth-order valence-corrected chi connectivity index (χ4v) is 6.36. The van der Waals surface area contributed by atoms with E-state index in [1.165, 1.54) is 37.3 Å². The van der Waals surface area contributed by atoms with Gasteiger partial charge in [-0.25, -0.2) is 24.5 Å². The van der Waals surface area contributed by atoms with Crippen molar-refractivity contribution in [2.24, 2.45) is 0 Å². The van der Waals surface area contributed by atoms with Gasteiger partial charge in [-0.05, 0) is 78.6 Å². The van der Waals surface area contributed by atoms with Gasteiger partial charge in [-0.2, -0.15) is 26.3 Å². The molecule has 17 heteroatoms. The number of amides is 1. The average molecular weight is 749 g/mol. The van der Waals surface area contributed by atoms with Crippen LogP contribution >= 0.6 is 0 Å². The van der Waals surface area contributed by atoms with Crippen molar-refractivity contribution in [1.82, 2.24) is 14.9 Å². The van der Waals surface area contributed by atoms with Gasteiger partial charge in [0, 0.05) is 42.0 Å². The number of nitrogens with zero attached hydrogens (tertiary/aromatic N) is 4. The number of anilines is 1. The second-order valence-electron chi connectivity index (χ2n) is 12.6. The highest BCUT2D eigenvalue weighted by Gasteiger charge is 2.44. The smallest absolute Gasteiger partial charge is 0.416 e. The lowest BCUT2D eigenvalue weighted by molar-refractivity contribution is -0.143. The Bertz CT molecular complexity index is 2020. The first-order valence-corrected chi connectivity index (χ1v) is 16.0. The van der Waals surface area contributed by atoms with Gasteiger partial charge in [0.15, 0.2) is 0 Å². The number of aromatic nitrogens is 2. The molecule has 2 saturated heterocycles. The molecule has 2 aliphatic heterocycles. The Morgan fingerprint density at radius 1 is 0.925 bits per heavy atom. The van der Waals surface area contributed by atoms with Crippen molar-refractivity contribution in [1.29, 1.82) is 0 Å². The van der Waals surface area contributed by atoms with E-state index < -0.39 is 53.3 Å². The number of aryl methyl sites for hydroxylation is 1. The number of alkyl halides is 6. The van der Waals surface area contributed by atoms with Crippen LogP contribution in [0.2, 0.25) is 0 Å². The molecule has 3 aromatic carbocycles. The summed E-state index contributed by atoms with van der Waals surface area (Å²) in [6.45, 7) is 3.84. The standard InChI is InChI=1S/C36H31F7N4O6/c1-18-9-21(32(48)53-43)5-7-26(18)20-6-8-30(51-4)27(12-20)28-14-44-33(46-15-25(16-46)50-3)45-29(28)17-47-19(2)31(52-34(47)49)22-10-23(35(37,38)39)13-24(11-22)36(40,41)42/h5-14,19,25,31H,15-17H2,1-4H3/t19-,31-/m0/s1. The van der Waals surface area contributed by atoms with E-state index in [1.54, 1.807) is 38.3 Å². The van der Waals surface area contributed by atoms with Gasteiger partial charge in [-0.15, -0.1) is 0 Å². The Balaban J connectivity index is 1.41. The third kappa shape index (κ3) is 7.42. The summed E-state index contributed by atoms with van der Waals surface area (Å²) in [5.41, 5.74) is -0.454. The minimum Gasteiger partial charge on any atom is -0.496 e. The molecule has 0 spiro atoms. The maximum Gasteiger partial charge on any atom is 0.416 e. The minimum absolute atomic E-state index is 0.000141. The Kier molecular flexibility index (Phi) is 9.98. The molecule has 2 aliphatic rings. The van der Waals surface area contributed by atoms with Crippen LogP contribution in [-0.4, -0.2) is 66.4 Å². The molecule has 0 unspecified atom stereocenters. The second-order valence-corrected chi connectivity index (χ2v) is 12.6. The van der Waals surface area contributed by atoms with Crippen LogP contribution in [0.15, 0.2) is 60.8 Å². The molecule has 3 heterocycles. The number of carbonyl (C=O) groups is 2. The van der Waals surface area contributed by atoms with Crippen molar-refractivity contribution in [3.8, 4) is 28.0 Å². The topological polar surface area (TPSA) is 103 Å². The molecule has 2 fully saturated rings. The van der Waals surface area contributed by atoms with E-state index in [1.807, 2.05) is 4.90 Å². The van der Waals surface area contributed by atoms with Gasteiger partial charge in [-0.3, -0.25) is 4.90 Å². The van der Waals surface area contributed by atoms with E-state index in [0.717, 1.165) is 0 Å². The first kappa shape index (κ1) is 37.3. The van der Waals surface area contributed by atoms with Crippen LogP contribution in [0.1, 0.15) is 51.3 Å². The Morgan fingerprint density at radius 3 is 2.19 bits per heavy atom. The van der Waals surface area contributed by atoms with E-state index in [4.69, 9.17) is 19.2 Å². The van der Waals surface area contributed by atoms with Crippen molar-refractivity contribution in [3.05, 3.63) is 94.3 Å². The Hall–Kier alpha value is -5.45. The maximum atomic E-state index is 13.7. The van der Waals surface area contributed by atoms with Crippen LogP contribution in [-0.2, 0) is 33.3 Å². The molecule has 4 aromatic rings. The van der Waals surface area contributed by atoms with Crippen molar-refractivity contribution in [3.63, 3.8) is 0 Å². The second kappa shape index (κ2) is 14.2. The Morgan fingerprint density at radius 2 is 1.60 bits per heavy atom. The highest BCUT2D eigenvalue weighted by molar-refractivity contribution is 5.90. The molecule has 280 valence electrons. The van der Waals surface area contributed by atoms with E-state index in [-0.39, 0.29) is 30.0 Å². The van der Waals surface area contributed by atoms with Crippen LogP contribution in [0.5, 0.6) is 5.75 Å². The molecule has 0 bridgehead atoms. The average Bonchev–Trinajstić information content (AvgIpc) is 3.38. The van der Waals surface area contributed by atoms with Gasteiger partial charge >= 0.3 is 24.4 Å². The predicted molar refractivity (Wildman–Crippen MR) is 174 cm³/mol. The molecular formula is C36H31F7N4O6. The fraction of sp³-hybridized carbons (Fsp3) is 0.333. The summed E-state index contributed by atoms with van der Waals surface area (Å²) in [5, 5.41) is 0. The SMILES string of the molecule is COc1ccc(-c2ccc(C(=O)OF)cc2C)cc1-c1cnc(N2CC(OC)C2)nc1CN1C(=O)O[C@H](c2cc(C(F)(F)F)cc(C(F)(F)F)c2)[C@@H]1C. The zero-order valence-corrected chi connectivity index (χ0v) is 28.5. The summed E-state index contributed by atoms with van der Waals surface area (Å²) in [4.78, 5) is 40.8. The third-order valence-electron chi connectivity index (χ3n) is 9.30. The van der Waals surface area contributed by atoms with Gasteiger partial charge in [0.1, 0.15) is 11.9 Å². The summed E-state index contributed by atoms with van der Waals surface area (Å²) in [6, 6.07) is 9.74. The lowest BCUT2D eigenvalue weighted by atomic mass is 9.94. The predicted octanol–water partition coefficient (Wildman–Crippen LogP) is 8.12. The fourth-order valence-electron chi connectivity index (χ4n) is 6.36. The molecule has 53 heavy (non-hydrogen) atoms. The number of benzene rings is 3. The van der Waals surface area contributed by atoms with Gasteiger partial charge in [0.25, 0.3) is 0 Å². The zero-order valence-electron chi connectivity index (χ0n) is 28.5. The van der Waals surface area contributed by atoms with Gasteiger partial charge < -0.3 is 19.1 Å². The van der Waals surface area contributed by atoms with E-state index >= 15 is 0 Å². The lowest BCUT2D eigenvalue weighted by Crippen LogP contribution is -2.52. The van der Waals surface area contributed by atoms with Gasteiger partial charge in [-0.1, -0.05) is 12.1 Å². The number of carbonyl (C=O) groups excluding carboxylic acids is 2. The van der Waals surface area contributed by atoms with Crippen molar-refractivity contribution in [2.45, 2.75) is 51.0 Å². The third-order valence-corrected chi connectivity index (χ3v) is 9.30. The molecule has 10 nitrogen and oxygen atoms in total. The summed E-state index contributed by atoms with van der Waals surface area (Å²) in [6.07, 6.45) is -11.2. The van der Waals surface area contributed by atoms with Crippen LogP contribution in [0, 0.1) is 6.92 Å². The summed E-state index contributed by atoms with van der Waals surface area (Å²) in [7, 11) is 3.01. The highest BCUT2D eigenvalue weighted by Crippen LogP contribution is 2.43. The first-order chi connectivity index (χ1) is 25.0. The molecule has 0 N–H and O–H groups in total. The summed E-state index contributed by atoms with van der Waals surface area (Å²) in [5.74, 6) is -0.479. The molecule has 1 aromatic heterocycles. The number of methoxy groups -OCH3 is 2. The van der Waals surface area contributed by atoms with Crippen molar-refractivity contribution < 1.29 is 59.6 Å². The van der Waals surface area contributed by atoms with Crippen LogP contribution in [0.3, 0.4) is 0 Å². The first-order valence-electron chi connectivity index (χ1n) is 16.0. The Labute approximate surface area is 297 Å². The van der Waals surface area contributed by atoms with Gasteiger partial charge in [0.2, 0.25) is 5.95 Å². The number of ether oxygens (including phenoxy) is 3. The number of cyclic esters (lactones) is 1. The van der Waals surface area contributed by atoms with Crippen molar-refractivity contribution in [2.75, 3.05) is 32.2 Å². The summed E-state index contributed by atoms with van der Waals surface area (Å²) >= 11 is 0. The van der Waals surface area contributed by atoms with E-state index in [2.05, 4.69) is 9.93 Å². The number of hydrogen-bond acceptors (Lipinski definition) is 9. The van der Waals surface area contributed by atoms with Crippen LogP contribution < -0.4 is 9.64 Å². The largest absolute Gasteiger partial charge is 0.496 e. The van der Waals surface area contributed by atoms with Gasteiger partial charge in [0.05, 0.1) is 48.2 Å². The number of rotatable bonds is 9. The van der Waals surface area contributed by atoms with Crippen LogP contribution in [0.25, 0.3) is 22.3 Å². The maximum absolute atomic E-state index is 13.7. The minimum atomic E-state index is -5.10. The quantitative estimate of drug-likeness (QED) is 0.157. The molecule has 1 amide bonds. The lowest BCUT2D eigenvalue weighted by Gasteiger charge is -2.38. The van der Waals surface area contributed by atoms with E-state index in [0.29, 0.717) is 64.7 Å². The van der Waals surface area contributed by atoms with E-state index in [9.17, 15) is 40.5 Å².